The third kappa shape index (κ3) is 2.07. The standard InChI is InChI=1S/C5H11NO2/c1-2-4(7)5(8)3-6/h2,4-5,7-8H,1,3,6H2/t4-,5+/m0/s1. The van der Waals surface area contributed by atoms with Gasteiger partial charge >= 0.3 is 0 Å². The molecule has 3 nitrogen and oxygen atoms in total. The lowest BCUT2D eigenvalue weighted by Crippen LogP contribution is -2.31. The summed E-state index contributed by atoms with van der Waals surface area (Å²) in [6.07, 6.45) is -0.509. The monoisotopic (exact) mass is 117 g/mol. The second-order valence-electron chi connectivity index (χ2n) is 1.53. The maximum atomic E-state index is 8.68. The highest BCUT2D eigenvalue weighted by molar-refractivity contribution is 4.84. The smallest absolute Gasteiger partial charge is 0.0989 e. The quantitative estimate of drug-likeness (QED) is 0.409. The molecule has 0 radical (unpaired) electrons. The minimum atomic E-state index is -0.889. The predicted octanol–water partition coefficient (Wildman–Crippen LogP) is -1.15. The van der Waals surface area contributed by atoms with E-state index in [9.17, 15) is 0 Å². The number of nitrogens with two attached hydrogens (primary N) is 1. The summed E-state index contributed by atoms with van der Waals surface area (Å²) in [5, 5.41) is 17.4. The summed E-state index contributed by atoms with van der Waals surface area (Å²) in [7, 11) is 0. The molecule has 0 aromatic heterocycles. The second-order valence-corrected chi connectivity index (χ2v) is 1.53. The van der Waals surface area contributed by atoms with Gasteiger partial charge in [0, 0.05) is 6.54 Å². The molecule has 0 heterocycles. The first-order valence-corrected chi connectivity index (χ1v) is 2.41. The molecule has 0 aliphatic rings. The highest BCUT2D eigenvalue weighted by Gasteiger charge is 2.08. The molecule has 0 bridgehead atoms. The molecule has 0 rings (SSSR count). The number of rotatable bonds is 3. The molecule has 0 spiro atoms. The zero-order chi connectivity index (χ0) is 6.57. The normalized spacial score (nSPS) is 17.4. The molecular weight excluding hydrogens is 106 g/mol. The molecule has 0 aromatic carbocycles. The van der Waals surface area contributed by atoms with Crippen molar-refractivity contribution >= 4 is 0 Å². The fourth-order valence-corrected chi connectivity index (χ4v) is 0.297. The van der Waals surface area contributed by atoms with Crippen LogP contribution in [0.15, 0.2) is 12.7 Å². The molecule has 2 atom stereocenters. The number of hydrogen-bond donors (Lipinski definition) is 3. The van der Waals surface area contributed by atoms with Gasteiger partial charge in [-0.15, -0.1) is 6.58 Å². The number of hydrogen-bond acceptors (Lipinski definition) is 3. The van der Waals surface area contributed by atoms with Crippen LogP contribution in [0.4, 0.5) is 0 Å². The maximum absolute atomic E-state index is 8.68. The lowest BCUT2D eigenvalue weighted by molar-refractivity contribution is 0.0552. The third-order valence-corrected chi connectivity index (χ3v) is 0.877. The Morgan fingerprint density at radius 3 is 2.25 bits per heavy atom. The Bertz CT molecular complexity index is 74.8. The van der Waals surface area contributed by atoms with Gasteiger partial charge in [0.15, 0.2) is 0 Å². The first-order chi connectivity index (χ1) is 3.72. The predicted molar refractivity (Wildman–Crippen MR) is 31.3 cm³/mol. The van der Waals surface area contributed by atoms with Gasteiger partial charge in [0.1, 0.15) is 0 Å². The molecule has 8 heavy (non-hydrogen) atoms. The average Bonchev–Trinajstić information content (AvgIpc) is 1.84. The van der Waals surface area contributed by atoms with E-state index in [0.717, 1.165) is 0 Å². The van der Waals surface area contributed by atoms with Gasteiger partial charge in [-0.25, -0.2) is 0 Å². The van der Waals surface area contributed by atoms with Gasteiger partial charge in [0.05, 0.1) is 12.2 Å². The summed E-state index contributed by atoms with van der Waals surface area (Å²) in [6.45, 7) is 3.33. The van der Waals surface area contributed by atoms with Crippen LogP contribution in [-0.2, 0) is 0 Å². The van der Waals surface area contributed by atoms with Crippen molar-refractivity contribution < 1.29 is 10.2 Å². The summed E-state index contributed by atoms with van der Waals surface area (Å²) < 4.78 is 0. The van der Waals surface area contributed by atoms with Gasteiger partial charge in [-0.2, -0.15) is 0 Å². The van der Waals surface area contributed by atoms with E-state index in [-0.39, 0.29) is 6.54 Å². The van der Waals surface area contributed by atoms with Crippen LogP contribution >= 0.6 is 0 Å². The minimum absolute atomic E-state index is 0.0627. The fourth-order valence-electron chi connectivity index (χ4n) is 0.297. The van der Waals surface area contributed by atoms with E-state index in [1.807, 2.05) is 0 Å². The minimum Gasteiger partial charge on any atom is -0.389 e. The summed E-state index contributed by atoms with van der Waals surface area (Å²) in [6, 6.07) is 0. The fraction of sp³-hybridized carbons (Fsp3) is 0.600. The van der Waals surface area contributed by atoms with Crippen LogP contribution in [0.5, 0.6) is 0 Å². The molecule has 0 aromatic rings. The van der Waals surface area contributed by atoms with E-state index in [1.165, 1.54) is 6.08 Å². The molecule has 3 heteroatoms. The van der Waals surface area contributed by atoms with Crippen LogP contribution in [0, 0.1) is 0 Å². The first-order valence-electron chi connectivity index (χ1n) is 2.41. The van der Waals surface area contributed by atoms with Crippen molar-refractivity contribution in [2.75, 3.05) is 6.54 Å². The van der Waals surface area contributed by atoms with Gasteiger partial charge in [-0.05, 0) is 0 Å². The van der Waals surface area contributed by atoms with Crippen LogP contribution in [0.1, 0.15) is 0 Å². The molecule has 0 amide bonds. The van der Waals surface area contributed by atoms with Crippen molar-refractivity contribution in [2.24, 2.45) is 5.73 Å². The topological polar surface area (TPSA) is 66.5 Å². The van der Waals surface area contributed by atoms with Crippen molar-refractivity contribution in [3.63, 3.8) is 0 Å². The molecule has 0 saturated heterocycles. The van der Waals surface area contributed by atoms with Crippen molar-refractivity contribution in [1.82, 2.24) is 0 Å². The Balaban J connectivity index is 3.44. The second kappa shape index (κ2) is 3.60. The highest BCUT2D eigenvalue weighted by atomic mass is 16.3. The third-order valence-electron chi connectivity index (χ3n) is 0.877. The van der Waals surface area contributed by atoms with Crippen molar-refractivity contribution in [3.8, 4) is 0 Å². The van der Waals surface area contributed by atoms with Crippen LogP contribution in [-0.4, -0.2) is 29.0 Å². The van der Waals surface area contributed by atoms with Crippen LogP contribution in [0.3, 0.4) is 0 Å². The number of aliphatic hydroxyl groups is 2. The van der Waals surface area contributed by atoms with Gasteiger partial charge in [0.25, 0.3) is 0 Å². The van der Waals surface area contributed by atoms with E-state index in [4.69, 9.17) is 15.9 Å². The van der Waals surface area contributed by atoms with Gasteiger partial charge < -0.3 is 15.9 Å². The molecule has 0 saturated carbocycles. The molecular formula is C5H11NO2. The zero-order valence-corrected chi connectivity index (χ0v) is 4.62. The van der Waals surface area contributed by atoms with Crippen LogP contribution in [0.25, 0.3) is 0 Å². The van der Waals surface area contributed by atoms with E-state index in [2.05, 4.69) is 6.58 Å². The molecule has 4 N–H and O–H groups in total. The van der Waals surface area contributed by atoms with Gasteiger partial charge in [-0.1, -0.05) is 6.08 Å². The highest BCUT2D eigenvalue weighted by Crippen LogP contribution is 1.89. The average molecular weight is 117 g/mol. The van der Waals surface area contributed by atoms with Gasteiger partial charge in [-0.3, -0.25) is 0 Å². The Kier molecular flexibility index (Phi) is 3.43. The first kappa shape index (κ1) is 7.62. The van der Waals surface area contributed by atoms with Gasteiger partial charge in [0.2, 0.25) is 0 Å². The molecule has 0 fully saturated rings. The molecule has 0 aliphatic carbocycles. The Labute approximate surface area is 48.4 Å². The largest absolute Gasteiger partial charge is 0.389 e. The lowest BCUT2D eigenvalue weighted by atomic mass is 10.2. The maximum Gasteiger partial charge on any atom is 0.0989 e. The van der Waals surface area contributed by atoms with E-state index >= 15 is 0 Å². The van der Waals surface area contributed by atoms with Crippen molar-refractivity contribution in [2.45, 2.75) is 12.2 Å². The van der Waals surface area contributed by atoms with Crippen molar-refractivity contribution in [1.29, 1.82) is 0 Å². The zero-order valence-electron chi connectivity index (χ0n) is 4.62. The van der Waals surface area contributed by atoms with E-state index < -0.39 is 12.2 Å². The summed E-state index contributed by atoms with van der Waals surface area (Å²) in [4.78, 5) is 0. The van der Waals surface area contributed by atoms with E-state index in [0.29, 0.717) is 0 Å². The molecule has 48 valence electrons. The lowest BCUT2D eigenvalue weighted by Gasteiger charge is -2.09. The Morgan fingerprint density at radius 1 is 1.62 bits per heavy atom. The summed E-state index contributed by atoms with van der Waals surface area (Å²) in [5.74, 6) is 0. The van der Waals surface area contributed by atoms with E-state index in [1.54, 1.807) is 0 Å². The Morgan fingerprint density at radius 2 is 2.12 bits per heavy atom. The van der Waals surface area contributed by atoms with Crippen LogP contribution < -0.4 is 5.73 Å². The van der Waals surface area contributed by atoms with Crippen molar-refractivity contribution in [3.05, 3.63) is 12.7 Å². The SMILES string of the molecule is C=C[C@H](O)[C@H](O)CN. The molecule has 0 unspecified atom stereocenters. The Hall–Kier alpha value is -0.380. The summed E-state index contributed by atoms with van der Waals surface area (Å²) in [5.41, 5.74) is 4.99. The number of aliphatic hydroxyl groups excluding tert-OH is 2. The van der Waals surface area contributed by atoms with Crippen LogP contribution in [0.2, 0.25) is 0 Å². The molecule has 0 aliphatic heterocycles. The summed E-state index contributed by atoms with van der Waals surface area (Å²) >= 11 is 0.